The van der Waals surface area contributed by atoms with Crippen molar-refractivity contribution in [1.29, 1.82) is 0 Å². The van der Waals surface area contributed by atoms with Crippen LogP contribution in [0.3, 0.4) is 0 Å². The summed E-state index contributed by atoms with van der Waals surface area (Å²) >= 11 is 0. The lowest BCUT2D eigenvalue weighted by Gasteiger charge is -2.17. The van der Waals surface area contributed by atoms with Gasteiger partial charge >= 0.3 is 0 Å². The van der Waals surface area contributed by atoms with E-state index in [9.17, 15) is 22.4 Å². The molecule has 0 unspecified atom stereocenters. The van der Waals surface area contributed by atoms with E-state index in [0.29, 0.717) is 11.3 Å². The molecule has 0 heterocycles. The molecule has 0 radical (unpaired) electrons. The average Bonchev–Trinajstić information content (AvgIpc) is 2.78. The molecule has 3 aromatic carbocycles. The van der Waals surface area contributed by atoms with Crippen molar-refractivity contribution in [3.8, 4) is 0 Å². The largest absolute Gasteiger partial charge is 0.351 e. The molecule has 9 heteroatoms. The normalized spacial score (nSPS) is 11.2. The van der Waals surface area contributed by atoms with Crippen molar-refractivity contribution >= 4 is 27.5 Å². The van der Waals surface area contributed by atoms with Crippen LogP contribution >= 0.6 is 0 Å². The van der Waals surface area contributed by atoms with Gasteiger partial charge in [0.25, 0.3) is 5.91 Å². The standard InChI is InChI=1S/C23H22FN3O4S/c1-27(32(30,31)21-11-3-2-4-12-21)16-22(28)25-15-17-7-5-10-20(13-17)26-23(29)18-8-6-9-19(24)14-18/h2-14H,15-16H2,1H3,(H,25,28)(H,26,29). The second kappa shape index (κ2) is 10.2. The van der Waals surface area contributed by atoms with Gasteiger partial charge in [-0.2, -0.15) is 4.31 Å². The molecule has 0 aliphatic heterocycles. The van der Waals surface area contributed by atoms with Crippen LogP contribution in [0, 0.1) is 5.82 Å². The Bertz CT molecular complexity index is 1220. The first-order chi connectivity index (χ1) is 15.3. The number of benzene rings is 3. The number of nitrogens with one attached hydrogen (secondary N) is 2. The maximum Gasteiger partial charge on any atom is 0.255 e. The summed E-state index contributed by atoms with van der Waals surface area (Å²) in [5, 5.41) is 5.34. The van der Waals surface area contributed by atoms with Crippen molar-refractivity contribution in [3.05, 3.63) is 95.8 Å². The Hall–Kier alpha value is -3.56. The minimum Gasteiger partial charge on any atom is -0.351 e. The fraction of sp³-hybridized carbons (Fsp3) is 0.130. The Morgan fingerprint density at radius 3 is 2.38 bits per heavy atom. The van der Waals surface area contributed by atoms with Crippen molar-refractivity contribution in [1.82, 2.24) is 9.62 Å². The molecule has 0 atom stereocenters. The number of hydrogen-bond donors (Lipinski definition) is 2. The number of nitrogens with zero attached hydrogens (tertiary/aromatic N) is 1. The molecule has 3 rings (SSSR count). The summed E-state index contributed by atoms with van der Waals surface area (Å²) in [5.74, 6) is -1.44. The van der Waals surface area contributed by atoms with Gasteiger partial charge in [-0.1, -0.05) is 36.4 Å². The summed E-state index contributed by atoms with van der Waals surface area (Å²) in [7, 11) is -2.43. The molecule has 2 amide bonds. The Balaban J connectivity index is 1.56. The zero-order valence-corrected chi connectivity index (χ0v) is 18.1. The fourth-order valence-electron chi connectivity index (χ4n) is 2.91. The topological polar surface area (TPSA) is 95.6 Å². The SMILES string of the molecule is CN(CC(=O)NCc1cccc(NC(=O)c2cccc(F)c2)c1)S(=O)(=O)c1ccccc1. The zero-order valence-electron chi connectivity index (χ0n) is 17.3. The van der Waals surface area contributed by atoms with Crippen molar-refractivity contribution < 1.29 is 22.4 Å². The Kier molecular flexibility index (Phi) is 7.34. The number of rotatable bonds is 8. The van der Waals surface area contributed by atoms with E-state index < -0.39 is 27.7 Å². The Morgan fingerprint density at radius 1 is 0.938 bits per heavy atom. The molecule has 0 bridgehead atoms. The number of sulfonamides is 1. The summed E-state index contributed by atoms with van der Waals surface area (Å²) in [5.41, 5.74) is 1.37. The van der Waals surface area contributed by atoms with E-state index in [2.05, 4.69) is 10.6 Å². The second-order valence-electron chi connectivity index (χ2n) is 7.02. The first-order valence-electron chi connectivity index (χ1n) is 9.69. The van der Waals surface area contributed by atoms with Crippen LogP contribution in [0.25, 0.3) is 0 Å². The molecule has 32 heavy (non-hydrogen) atoms. The van der Waals surface area contributed by atoms with Crippen LogP contribution in [0.15, 0.2) is 83.8 Å². The molecular weight excluding hydrogens is 433 g/mol. The lowest BCUT2D eigenvalue weighted by Crippen LogP contribution is -2.38. The van der Waals surface area contributed by atoms with Gasteiger partial charge in [-0.25, -0.2) is 12.8 Å². The predicted molar refractivity (Wildman–Crippen MR) is 119 cm³/mol. The first kappa shape index (κ1) is 23.1. The number of halogens is 1. The second-order valence-corrected chi connectivity index (χ2v) is 9.06. The van der Waals surface area contributed by atoms with Crippen molar-refractivity contribution in [2.24, 2.45) is 0 Å². The first-order valence-corrected chi connectivity index (χ1v) is 11.1. The van der Waals surface area contributed by atoms with Gasteiger partial charge < -0.3 is 10.6 Å². The molecule has 166 valence electrons. The number of likely N-dealkylation sites (N-methyl/N-ethyl adjacent to an activating group) is 1. The van der Waals surface area contributed by atoms with Crippen LogP contribution in [0.5, 0.6) is 0 Å². The third kappa shape index (κ3) is 5.99. The van der Waals surface area contributed by atoms with Gasteiger partial charge in [0.15, 0.2) is 0 Å². The molecule has 3 aromatic rings. The predicted octanol–water partition coefficient (Wildman–Crippen LogP) is 3.01. The quantitative estimate of drug-likeness (QED) is 0.546. The van der Waals surface area contributed by atoms with Gasteiger partial charge in [0, 0.05) is 24.8 Å². The highest BCUT2D eigenvalue weighted by Gasteiger charge is 2.22. The maximum atomic E-state index is 13.3. The highest BCUT2D eigenvalue weighted by atomic mass is 32.2. The van der Waals surface area contributed by atoms with E-state index in [-0.39, 0.29) is 23.5 Å². The zero-order chi connectivity index (χ0) is 23.1. The van der Waals surface area contributed by atoms with Crippen LogP contribution in [-0.2, 0) is 21.4 Å². The fourth-order valence-corrected chi connectivity index (χ4v) is 4.06. The van der Waals surface area contributed by atoms with Crippen molar-refractivity contribution in [2.75, 3.05) is 18.9 Å². The lowest BCUT2D eigenvalue weighted by molar-refractivity contribution is -0.121. The minimum absolute atomic E-state index is 0.108. The molecule has 0 fully saturated rings. The third-order valence-electron chi connectivity index (χ3n) is 4.58. The number of anilines is 1. The average molecular weight is 456 g/mol. The molecule has 0 saturated carbocycles. The molecule has 0 spiro atoms. The van der Waals surface area contributed by atoms with Gasteiger partial charge in [0.1, 0.15) is 5.82 Å². The molecule has 0 aromatic heterocycles. The van der Waals surface area contributed by atoms with Crippen LogP contribution < -0.4 is 10.6 Å². The summed E-state index contributed by atoms with van der Waals surface area (Å²) in [4.78, 5) is 24.6. The highest BCUT2D eigenvalue weighted by molar-refractivity contribution is 7.89. The third-order valence-corrected chi connectivity index (χ3v) is 6.40. The summed E-state index contributed by atoms with van der Waals surface area (Å²) in [6.07, 6.45) is 0. The van der Waals surface area contributed by atoms with Crippen molar-refractivity contribution in [3.63, 3.8) is 0 Å². The Labute approximate surface area is 185 Å². The summed E-state index contributed by atoms with van der Waals surface area (Å²) in [6.45, 7) is -0.199. The Morgan fingerprint density at radius 2 is 1.66 bits per heavy atom. The van der Waals surface area contributed by atoms with E-state index >= 15 is 0 Å². The van der Waals surface area contributed by atoms with Gasteiger partial charge in [-0.05, 0) is 48.0 Å². The van der Waals surface area contributed by atoms with E-state index in [1.807, 2.05) is 0 Å². The molecule has 7 nitrogen and oxygen atoms in total. The van der Waals surface area contributed by atoms with Gasteiger partial charge in [0.2, 0.25) is 15.9 Å². The van der Waals surface area contributed by atoms with E-state index in [0.717, 1.165) is 10.4 Å². The molecule has 0 aliphatic rings. The van der Waals surface area contributed by atoms with Crippen LogP contribution in [-0.4, -0.2) is 38.1 Å². The lowest BCUT2D eigenvalue weighted by atomic mass is 10.1. The molecule has 0 saturated heterocycles. The smallest absolute Gasteiger partial charge is 0.255 e. The number of amides is 2. The van der Waals surface area contributed by atoms with E-state index in [4.69, 9.17) is 0 Å². The molecule has 0 aliphatic carbocycles. The van der Waals surface area contributed by atoms with Crippen LogP contribution in [0.2, 0.25) is 0 Å². The van der Waals surface area contributed by atoms with E-state index in [1.54, 1.807) is 42.5 Å². The monoisotopic (exact) mass is 455 g/mol. The van der Waals surface area contributed by atoms with Crippen LogP contribution in [0.4, 0.5) is 10.1 Å². The molecule has 2 N–H and O–H groups in total. The van der Waals surface area contributed by atoms with Gasteiger partial charge in [0.05, 0.1) is 11.4 Å². The van der Waals surface area contributed by atoms with E-state index in [1.165, 1.54) is 37.4 Å². The van der Waals surface area contributed by atoms with Gasteiger partial charge in [-0.3, -0.25) is 9.59 Å². The maximum absolute atomic E-state index is 13.3. The van der Waals surface area contributed by atoms with Crippen molar-refractivity contribution in [2.45, 2.75) is 11.4 Å². The summed E-state index contributed by atoms with van der Waals surface area (Å²) in [6, 6.07) is 20.0. The minimum atomic E-state index is -3.77. The van der Waals surface area contributed by atoms with Crippen LogP contribution in [0.1, 0.15) is 15.9 Å². The number of hydrogen-bond acceptors (Lipinski definition) is 4. The molecular formula is C23H22FN3O4S. The number of carbonyl (C=O) groups is 2. The summed E-state index contributed by atoms with van der Waals surface area (Å²) < 4.78 is 39.3. The highest BCUT2D eigenvalue weighted by Crippen LogP contribution is 2.14. The van der Waals surface area contributed by atoms with Gasteiger partial charge in [-0.15, -0.1) is 0 Å². The number of carbonyl (C=O) groups excluding carboxylic acids is 2.